The van der Waals surface area contributed by atoms with Crippen LogP contribution in [0.25, 0.3) is 0 Å². The van der Waals surface area contributed by atoms with E-state index >= 15 is 0 Å². The summed E-state index contributed by atoms with van der Waals surface area (Å²) in [6.07, 6.45) is 0.740. The molecule has 0 unspecified atom stereocenters. The predicted molar refractivity (Wildman–Crippen MR) is 84.4 cm³/mol. The van der Waals surface area contributed by atoms with Gasteiger partial charge in [-0.3, -0.25) is 0 Å². The van der Waals surface area contributed by atoms with E-state index in [1.165, 1.54) is 11.1 Å². The van der Waals surface area contributed by atoms with Crippen molar-refractivity contribution in [1.29, 1.82) is 0 Å². The number of aromatic hydroxyl groups is 2. The van der Waals surface area contributed by atoms with Gasteiger partial charge in [-0.15, -0.1) is 0 Å². The fourth-order valence-electron chi connectivity index (χ4n) is 3.07. The van der Waals surface area contributed by atoms with Gasteiger partial charge in [0.1, 0.15) is 0 Å². The van der Waals surface area contributed by atoms with E-state index in [0.29, 0.717) is 0 Å². The van der Waals surface area contributed by atoms with Crippen molar-refractivity contribution >= 4 is 11.6 Å². The third-order valence-corrected chi connectivity index (χ3v) is 4.60. The minimum Gasteiger partial charge on any atom is -0.504 e. The molecule has 3 nitrogen and oxygen atoms in total. The maximum atomic E-state index is 9.93. The van der Waals surface area contributed by atoms with Gasteiger partial charge in [0.25, 0.3) is 0 Å². The molecule has 1 aliphatic rings. The average molecular weight is 304 g/mol. The van der Waals surface area contributed by atoms with E-state index in [1.807, 2.05) is 12.1 Å². The van der Waals surface area contributed by atoms with Gasteiger partial charge < -0.3 is 15.5 Å². The number of fused-ring (bicyclic) bond motifs is 1. The van der Waals surface area contributed by atoms with Crippen LogP contribution in [0.3, 0.4) is 0 Å². The van der Waals surface area contributed by atoms with E-state index in [4.69, 9.17) is 11.6 Å². The van der Waals surface area contributed by atoms with Crippen LogP contribution >= 0.6 is 11.6 Å². The van der Waals surface area contributed by atoms with E-state index in [2.05, 4.69) is 24.4 Å². The molecule has 0 saturated heterocycles. The van der Waals surface area contributed by atoms with E-state index in [1.54, 1.807) is 6.07 Å². The van der Waals surface area contributed by atoms with Crippen molar-refractivity contribution in [2.45, 2.75) is 19.3 Å². The van der Waals surface area contributed by atoms with E-state index in [-0.39, 0.29) is 22.4 Å². The normalized spacial score (nSPS) is 18.1. The summed E-state index contributed by atoms with van der Waals surface area (Å²) in [6.45, 7) is 3.68. The van der Waals surface area contributed by atoms with Crippen molar-refractivity contribution in [2.75, 3.05) is 13.1 Å². The van der Waals surface area contributed by atoms with Gasteiger partial charge in [0, 0.05) is 12.5 Å². The van der Waals surface area contributed by atoms with Crippen molar-refractivity contribution in [3.05, 3.63) is 57.6 Å². The van der Waals surface area contributed by atoms with Crippen LogP contribution in [0, 0.1) is 6.92 Å². The van der Waals surface area contributed by atoms with Crippen molar-refractivity contribution < 1.29 is 10.2 Å². The molecule has 110 valence electrons. The minimum absolute atomic E-state index is 0.118. The fraction of sp³-hybridized carbons (Fsp3) is 0.294. The molecule has 0 saturated carbocycles. The first-order valence-corrected chi connectivity index (χ1v) is 7.47. The molecule has 21 heavy (non-hydrogen) atoms. The minimum atomic E-state index is -0.221. The molecule has 1 heterocycles. The SMILES string of the molecule is Cc1ccccc1[C@@H]1CNCCc2c1cc(O)c(O)c2Cl. The highest BCUT2D eigenvalue weighted by atomic mass is 35.5. The Hall–Kier alpha value is -1.71. The van der Waals surface area contributed by atoms with Gasteiger partial charge in [-0.1, -0.05) is 35.9 Å². The molecule has 0 amide bonds. The zero-order valence-electron chi connectivity index (χ0n) is 11.9. The molecule has 0 aromatic heterocycles. The number of nitrogens with one attached hydrogen (secondary N) is 1. The molecule has 0 bridgehead atoms. The van der Waals surface area contributed by atoms with E-state index in [0.717, 1.165) is 30.6 Å². The summed E-state index contributed by atoms with van der Waals surface area (Å²) in [4.78, 5) is 0. The van der Waals surface area contributed by atoms with Crippen LogP contribution in [0.1, 0.15) is 28.2 Å². The smallest absolute Gasteiger partial charge is 0.176 e. The molecule has 1 aliphatic heterocycles. The Labute approximate surface area is 129 Å². The topological polar surface area (TPSA) is 52.5 Å². The highest BCUT2D eigenvalue weighted by Gasteiger charge is 2.26. The number of hydrogen-bond acceptors (Lipinski definition) is 3. The van der Waals surface area contributed by atoms with E-state index < -0.39 is 0 Å². The zero-order valence-corrected chi connectivity index (χ0v) is 12.6. The van der Waals surface area contributed by atoms with Gasteiger partial charge >= 0.3 is 0 Å². The molecule has 3 rings (SSSR count). The molecule has 0 aliphatic carbocycles. The summed E-state index contributed by atoms with van der Waals surface area (Å²) in [5.41, 5.74) is 4.34. The molecule has 2 aromatic rings. The lowest BCUT2D eigenvalue weighted by atomic mass is 9.85. The summed E-state index contributed by atoms with van der Waals surface area (Å²) in [7, 11) is 0. The third kappa shape index (κ3) is 2.47. The molecular weight excluding hydrogens is 286 g/mol. The Morgan fingerprint density at radius 1 is 1.19 bits per heavy atom. The number of halogens is 1. The number of hydrogen-bond donors (Lipinski definition) is 3. The largest absolute Gasteiger partial charge is 0.504 e. The van der Waals surface area contributed by atoms with Crippen LogP contribution in [-0.2, 0) is 6.42 Å². The molecule has 1 atom stereocenters. The lowest BCUT2D eigenvalue weighted by molar-refractivity contribution is 0.402. The lowest BCUT2D eigenvalue weighted by Gasteiger charge is -2.21. The zero-order chi connectivity index (χ0) is 15.0. The van der Waals surface area contributed by atoms with Gasteiger partial charge in [-0.2, -0.15) is 0 Å². The van der Waals surface area contributed by atoms with Crippen LogP contribution in [0.2, 0.25) is 5.02 Å². The molecule has 0 radical (unpaired) electrons. The molecule has 2 aromatic carbocycles. The second-order valence-electron chi connectivity index (χ2n) is 5.49. The van der Waals surface area contributed by atoms with E-state index in [9.17, 15) is 10.2 Å². The number of aryl methyl sites for hydroxylation is 1. The highest BCUT2D eigenvalue weighted by Crippen LogP contribution is 2.43. The van der Waals surface area contributed by atoms with Gasteiger partial charge in [-0.25, -0.2) is 0 Å². The third-order valence-electron chi connectivity index (χ3n) is 4.20. The standard InChI is InChI=1S/C17H18ClNO2/c1-10-4-2-3-5-11(10)14-9-19-7-6-12-13(14)8-15(20)17(21)16(12)18/h2-5,8,14,19-21H,6-7,9H2,1H3/t14-/m0/s1. The van der Waals surface area contributed by atoms with Crippen LogP contribution in [0.4, 0.5) is 0 Å². The highest BCUT2D eigenvalue weighted by molar-refractivity contribution is 6.33. The Kier molecular flexibility index (Phi) is 3.79. The van der Waals surface area contributed by atoms with Crippen LogP contribution in [0.15, 0.2) is 30.3 Å². The maximum absolute atomic E-state index is 9.93. The summed E-state index contributed by atoms with van der Waals surface area (Å²) in [5, 5.41) is 23.5. The summed E-state index contributed by atoms with van der Waals surface area (Å²) in [6, 6.07) is 9.89. The van der Waals surface area contributed by atoms with Crippen molar-refractivity contribution in [3.8, 4) is 11.5 Å². The molecule has 0 spiro atoms. The molecule has 0 fully saturated rings. The van der Waals surface area contributed by atoms with Crippen molar-refractivity contribution in [2.24, 2.45) is 0 Å². The molecule has 3 N–H and O–H groups in total. The summed E-state index contributed by atoms with van der Waals surface area (Å²) in [5.74, 6) is -0.257. The first-order chi connectivity index (χ1) is 10.1. The fourth-order valence-corrected chi connectivity index (χ4v) is 3.38. The van der Waals surface area contributed by atoms with Gasteiger partial charge in [-0.05, 0) is 48.2 Å². The second kappa shape index (κ2) is 5.58. The lowest BCUT2D eigenvalue weighted by Crippen LogP contribution is -2.21. The van der Waals surface area contributed by atoms with Gasteiger partial charge in [0.05, 0.1) is 5.02 Å². The quantitative estimate of drug-likeness (QED) is 0.708. The van der Waals surface area contributed by atoms with Crippen LogP contribution < -0.4 is 5.32 Å². The molecular formula is C17H18ClNO2. The first kappa shape index (κ1) is 14.2. The predicted octanol–water partition coefficient (Wildman–Crippen LogP) is 3.34. The monoisotopic (exact) mass is 303 g/mol. The molecule has 4 heteroatoms. The Balaban J connectivity index is 2.20. The summed E-state index contributed by atoms with van der Waals surface area (Å²) < 4.78 is 0. The average Bonchev–Trinajstić information content (AvgIpc) is 2.68. The summed E-state index contributed by atoms with van der Waals surface area (Å²) >= 11 is 6.24. The second-order valence-corrected chi connectivity index (χ2v) is 5.87. The number of phenols is 2. The van der Waals surface area contributed by atoms with Gasteiger partial charge in [0.15, 0.2) is 11.5 Å². The van der Waals surface area contributed by atoms with Crippen molar-refractivity contribution in [1.82, 2.24) is 5.32 Å². The Morgan fingerprint density at radius 2 is 1.95 bits per heavy atom. The van der Waals surface area contributed by atoms with Gasteiger partial charge in [0.2, 0.25) is 0 Å². The Morgan fingerprint density at radius 3 is 2.71 bits per heavy atom. The first-order valence-electron chi connectivity index (χ1n) is 7.09. The van der Waals surface area contributed by atoms with Crippen LogP contribution in [-0.4, -0.2) is 23.3 Å². The number of phenolic OH excluding ortho intramolecular Hbond substituents is 2. The Bertz CT molecular complexity index is 685. The number of benzene rings is 2. The number of rotatable bonds is 1. The maximum Gasteiger partial charge on any atom is 0.176 e. The van der Waals surface area contributed by atoms with Crippen molar-refractivity contribution in [3.63, 3.8) is 0 Å². The van der Waals surface area contributed by atoms with Crippen LogP contribution in [0.5, 0.6) is 11.5 Å².